The third kappa shape index (κ3) is 9.90. The summed E-state index contributed by atoms with van der Waals surface area (Å²) in [5, 5.41) is 0. The van der Waals surface area contributed by atoms with Crippen LogP contribution in [0.2, 0.25) is 0 Å². The van der Waals surface area contributed by atoms with Crippen molar-refractivity contribution in [2.24, 2.45) is 0 Å². The van der Waals surface area contributed by atoms with Crippen LogP contribution in [0.1, 0.15) is 46.0 Å². The molecule has 84 valence electrons. The number of rotatable bonds is 9. The Kier molecular flexibility index (Phi) is 10.8. The molecule has 0 saturated heterocycles. The van der Waals surface area contributed by atoms with E-state index in [9.17, 15) is 4.79 Å². The van der Waals surface area contributed by atoms with Crippen LogP contribution < -0.4 is 0 Å². The van der Waals surface area contributed by atoms with Gasteiger partial charge in [-0.2, -0.15) is 11.8 Å². The Hall–Kier alpha value is -0.180. The average molecular weight is 218 g/mol. The minimum absolute atomic E-state index is 0.0394. The fraction of sp³-hybridized carbons (Fsp3) is 0.909. The summed E-state index contributed by atoms with van der Waals surface area (Å²) in [6.45, 7) is 4.88. The van der Waals surface area contributed by atoms with E-state index in [4.69, 9.17) is 4.74 Å². The van der Waals surface area contributed by atoms with Gasteiger partial charge in [-0.25, -0.2) is 0 Å². The molecule has 0 atom stereocenters. The summed E-state index contributed by atoms with van der Waals surface area (Å²) >= 11 is 1.78. The van der Waals surface area contributed by atoms with Crippen molar-refractivity contribution in [3.05, 3.63) is 0 Å². The molecule has 0 aromatic heterocycles. The van der Waals surface area contributed by atoms with E-state index in [2.05, 4.69) is 13.8 Å². The molecule has 0 unspecified atom stereocenters. The molecule has 0 fully saturated rings. The molecule has 0 radical (unpaired) electrons. The molecule has 0 saturated carbocycles. The Labute approximate surface area is 91.8 Å². The molecular weight excluding hydrogens is 196 g/mol. The molecule has 0 aliphatic heterocycles. The largest absolute Gasteiger partial charge is 0.466 e. The van der Waals surface area contributed by atoms with Gasteiger partial charge in [0, 0.05) is 5.75 Å². The van der Waals surface area contributed by atoms with Crippen LogP contribution in [0.5, 0.6) is 0 Å². The minimum atomic E-state index is -0.0394. The van der Waals surface area contributed by atoms with Crippen LogP contribution in [-0.2, 0) is 9.53 Å². The molecule has 2 nitrogen and oxygen atoms in total. The topological polar surface area (TPSA) is 26.3 Å². The highest BCUT2D eigenvalue weighted by molar-refractivity contribution is 7.99. The molecule has 14 heavy (non-hydrogen) atoms. The van der Waals surface area contributed by atoms with Crippen LogP contribution in [0.4, 0.5) is 0 Å². The van der Waals surface area contributed by atoms with Crippen LogP contribution in [0.25, 0.3) is 0 Å². The predicted molar refractivity (Wildman–Crippen MR) is 62.7 cm³/mol. The maximum Gasteiger partial charge on any atom is 0.306 e. The molecular formula is C11H22O2S. The van der Waals surface area contributed by atoms with Crippen LogP contribution >= 0.6 is 11.8 Å². The van der Waals surface area contributed by atoms with E-state index in [-0.39, 0.29) is 5.97 Å². The number of ether oxygens (including phenoxy) is 1. The average Bonchev–Trinajstić information content (AvgIpc) is 2.18. The van der Waals surface area contributed by atoms with Gasteiger partial charge in [0.05, 0.1) is 13.0 Å². The molecule has 0 rings (SSSR count). The molecule has 3 heteroatoms. The Morgan fingerprint density at radius 2 is 2.00 bits per heavy atom. The first kappa shape index (κ1) is 13.8. The summed E-state index contributed by atoms with van der Waals surface area (Å²) < 4.78 is 5.08. The zero-order valence-corrected chi connectivity index (χ0v) is 10.2. The van der Waals surface area contributed by atoms with E-state index in [0.717, 1.165) is 17.9 Å². The van der Waals surface area contributed by atoms with Gasteiger partial charge in [0.2, 0.25) is 0 Å². The second-order valence-electron chi connectivity index (χ2n) is 3.23. The lowest BCUT2D eigenvalue weighted by Crippen LogP contribution is -2.06. The first-order chi connectivity index (χ1) is 6.81. The van der Waals surface area contributed by atoms with Crippen LogP contribution in [-0.4, -0.2) is 24.1 Å². The lowest BCUT2D eigenvalue weighted by atomic mass is 10.2. The first-order valence-electron chi connectivity index (χ1n) is 5.54. The van der Waals surface area contributed by atoms with Gasteiger partial charge in [-0.15, -0.1) is 0 Å². The van der Waals surface area contributed by atoms with Crippen LogP contribution in [0.3, 0.4) is 0 Å². The van der Waals surface area contributed by atoms with Gasteiger partial charge >= 0.3 is 5.97 Å². The van der Waals surface area contributed by atoms with E-state index < -0.39 is 0 Å². The lowest BCUT2D eigenvalue weighted by Gasteiger charge is -2.03. The Morgan fingerprint density at radius 3 is 2.64 bits per heavy atom. The zero-order chi connectivity index (χ0) is 10.6. The Morgan fingerprint density at radius 1 is 1.21 bits per heavy atom. The van der Waals surface area contributed by atoms with Crippen molar-refractivity contribution in [1.29, 1.82) is 0 Å². The Balaban J connectivity index is 3.10. The van der Waals surface area contributed by atoms with Gasteiger partial charge in [0.1, 0.15) is 0 Å². The van der Waals surface area contributed by atoms with Crippen LogP contribution in [0, 0.1) is 0 Å². The zero-order valence-electron chi connectivity index (χ0n) is 9.38. The number of thioether (sulfide) groups is 1. The highest BCUT2D eigenvalue weighted by Crippen LogP contribution is 2.03. The maximum atomic E-state index is 11.1. The third-order valence-electron chi connectivity index (χ3n) is 1.92. The number of unbranched alkanes of at least 4 members (excludes halogenated alkanes) is 3. The van der Waals surface area contributed by atoms with E-state index in [0.29, 0.717) is 13.0 Å². The van der Waals surface area contributed by atoms with Gasteiger partial charge in [-0.05, 0) is 12.2 Å². The second-order valence-corrected chi connectivity index (χ2v) is 4.62. The molecule has 0 spiro atoms. The van der Waals surface area contributed by atoms with Gasteiger partial charge in [0.25, 0.3) is 0 Å². The predicted octanol–water partition coefficient (Wildman–Crippen LogP) is 3.25. The fourth-order valence-electron chi connectivity index (χ4n) is 1.09. The normalized spacial score (nSPS) is 10.1. The SMILES string of the molecule is CCCCCCOC(=O)CCSCC. The summed E-state index contributed by atoms with van der Waals surface area (Å²) in [5.41, 5.74) is 0. The number of carbonyl (C=O) groups excluding carboxylic acids is 1. The molecule has 0 aromatic carbocycles. The van der Waals surface area contributed by atoms with Gasteiger partial charge in [-0.3, -0.25) is 4.79 Å². The molecule has 0 heterocycles. The minimum Gasteiger partial charge on any atom is -0.466 e. The lowest BCUT2D eigenvalue weighted by molar-refractivity contribution is -0.143. The van der Waals surface area contributed by atoms with E-state index >= 15 is 0 Å². The standard InChI is InChI=1S/C11H22O2S/c1-3-5-6-7-9-13-11(12)8-10-14-4-2/h3-10H2,1-2H3. The van der Waals surface area contributed by atoms with Crippen molar-refractivity contribution in [2.45, 2.75) is 46.0 Å². The number of hydrogen-bond donors (Lipinski definition) is 0. The van der Waals surface area contributed by atoms with E-state index in [1.54, 1.807) is 11.8 Å². The van der Waals surface area contributed by atoms with Crippen molar-refractivity contribution < 1.29 is 9.53 Å². The van der Waals surface area contributed by atoms with Crippen molar-refractivity contribution in [3.8, 4) is 0 Å². The number of esters is 1. The molecule has 0 N–H and O–H groups in total. The molecule has 0 aliphatic carbocycles. The molecule has 0 aliphatic rings. The second kappa shape index (κ2) is 10.9. The van der Waals surface area contributed by atoms with Gasteiger partial charge in [0.15, 0.2) is 0 Å². The van der Waals surface area contributed by atoms with E-state index in [1.165, 1.54) is 19.3 Å². The van der Waals surface area contributed by atoms with Gasteiger partial charge < -0.3 is 4.74 Å². The fourth-order valence-corrected chi connectivity index (χ4v) is 1.69. The quantitative estimate of drug-likeness (QED) is 0.439. The smallest absolute Gasteiger partial charge is 0.306 e. The Bertz CT molecular complexity index is 137. The third-order valence-corrected chi connectivity index (χ3v) is 2.82. The van der Waals surface area contributed by atoms with Crippen molar-refractivity contribution in [1.82, 2.24) is 0 Å². The van der Waals surface area contributed by atoms with Crippen molar-refractivity contribution in [3.63, 3.8) is 0 Å². The van der Waals surface area contributed by atoms with Crippen molar-refractivity contribution >= 4 is 17.7 Å². The monoisotopic (exact) mass is 218 g/mol. The number of carbonyl (C=O) groups is 1. The number of hydrogen-bond acceptors (Lipinski definition) is 3. The molecule has 0 aromatic rings. The molecule has 0 bridgehead atoms. The van der Waals surface area contributed by atoms with Crippen LogP contribution in [0.15, 0.2) is 0 Å². The summed E-state index contributed by atoms with van der Waals surface area (Å²) in [6.07, 6.45) is 5.21. The highest BCUT2D eigenvalue weighted by atomic mass is 32.2. The van der Waals surface area contributed by atoms with E-state index in [1.807, 2.05) is 0 Å². The summed E-state index contributed by atoms with van der Waals surface area (Å²) in [5.74, 6) is 1.93. The van der Waals surface area contributed by atoms with Gasteiger partial charge in [-0.1, -0.05) is 33.1 Å². The molecule has 0 amide bonds. The van der Waals surface area contributed by atoms with Crippen molar-refractivity contribution in [2.75, 3.05) is 18.1 Å². The first-order valence-corrected chi connectivity index (χ1v) is 6.70. The summed E-state index contributed by atoms with van der Waals surface area (Å²) in [7, 11) is 0. The summed E-state index contributed by atoms with van der Waals surface area (Å²) in [6, 6.07) is 0. The highest BCUT2D eigenvalue weighted by Gasteiger charge is 2.01. The maximum absolute atomic E-state index is 11.1. The summed E-state index contributed by atoms with van der Waals surface area (Å²) in [4.78, 5) is 11.1.